The van der Waals surface area contributed by atoms with E-state index in [4.69, 9.17) is 26.8 Å². The van der Waals surface area contributed by atoms with Gasteiger partial charge in [-0.2, -0.15) is 0 Å². The summed E-state index contributed by atoms with van der Waals surface area (Å²) in [5, 5.41) is 0.631. The fourth-order valence-corrected chi connectivity index (χ4v) is 1.89. The van der Waals surface area contributed by atoms with Crippen LogP contribution in [0.3, 0.4) is 0 Å². The van der Waals surface area contributed by atoms with Crippen LogP contribution in [0, 0.1) is 0 Å². The van der Waals surface area contributed by atoms with Crippen molar-refractivity contribution >= 4 is 11.6 Å². The van der Waals surface area contributed by atoms with Crippen molar-refractivity contribution in [3.05, 3.63) is 22.7 Å². The highest BCUT2D eigenvalue weighted by molar-refractivity contribution is 6.31. The van der Waals surface area contributed by atoms with E-state index < -0.39 is 0 Å². The fraction of sp³-hybridized carbons (Fsp3) is 0.538. The molecule has 3 nitrogen and oxygen atoms in total. The lowest BCUT2D eigenvalue weighted by atomic mass is 10.0. The molecule has 0 amide bonds. The molecular formula is C13H20ClNO2. The Hall–Kier alpha value is -0.930. The minimum Gasteiger partial charge on any atom is -0.490 e. The highest BCUT2D eigenvalue weighted by Crippen LogP contribution is 2.36. The lowest BCUT2D eigenvalue weighted by Crippen LogP contribution is -2.10. The molecule has 0 unspecified atom stereocenters. The van der Waals surface area contributed by atoms with Gasteiger partial charge in [-0.1, -0.05) is 18.5 Å². The van der Waals surface area contributed by atoms with E-state index in [9.17, 15) is 0 Å². The second kappa shape index (κ2) is 6.72. The first-order valence-corrected chi connectivity index (χ1v) is 6.36. The molecule has 0 aliphatic heterocycles. The molecule has 0 saturated heterocycles. The third-order valence-electron chi connectivity index (χ3n) is 2.50. The smallest absolute Gasteiger partial charge is 0.162 e. The van der Waals surface area contributed by atoms with Crippen LogP contribution >= 0.6 is 11.6 Å². The third-order valence-corrected chi connectivity index (χ3v) is 2.83. The van der Waals surface area contributed by atoms with Gasteiger partial charge in [-0.05, 0) is 31.9 Å². The van der Waals surface area contributed by atoms with Gasteiger partial charge in [-0.15, -0.1) is 0 Å². The summed E-state index contributed by atoms with van der Waals surface area (Å²) in [4.78, 5) is 0. The van der Waals surface area contributed by atoms with Crippen molar-refractivity contribution in [2.75, 3.05) is 13.2 Å². The van der Waals surface area contributed by atoms with Crippen molar-refractivity contribution in [3.8, 4) is 11.5 Å². The van der Waals surface area contributed by atoms with Gasteiger partial charge in [0.2, 0.25) is 0 Å². The van der Waals surface area contributed by atoms with E-state index in [1.807, 2.05) is 26.8 Å². The van der Waals surface area contributed by atoms with E-state index in [2.05, 4.69) is 0 Å². The summed E-state index contributed by atoms with van der Waals surface area (Å²) < 4.78 is 11.0. The van der Waals surface area contributed by atoms with E-state index in [0.717, 1.165) is 12.0 Å². The minimum absolute atomic E-state index is 0.0719. The van der Waals surface area contributed by atoms with Crippen molar-refractivity contribution in [1.82, 2.24) is 0 Å². The molecule has 1 atom stereocenters. The number of hydrogen-bond acceptors (Lipinski definition) is 3. The quantitative estimate of drug-likeness (QED) is 0.848. The summed E-state index contributed by atoms with van der Waals surface area (Å²) in [6.07, 6.45) is 0.833. The number of benzene rings is 1. The minimum atomic E-state index is -0.0719. The molecule has 0 heterocycles. The second-order valence-electron chi connectivity index (χ2n) is 3.70. The monoisotopic (exact) mass is 257 g/mol. The van der Waals surface area contributed by atoms with Crippen molar-refractivity contribution in [2.24, 2.45) is 5.73 Å². The maximum atomic E-state index is 6.20. The summed E-state index contributed by atoms with van der Waals surface area (Å²) >= 11 is 6.20. The molecule has 0 fully saturated rings. The van der Waals surface area contributed by atoms with Gasteiger partial charge < -0.3 is 15.2 Å². The fourth-order valence-electron chi connectivity index (χ4n) is 1.59. The highest BCUT2D eigenvalue weighted by atomic mass is 35.5. The van der Waals surface area contributed by atoms with Crippen molar-refractivity contribution in [1.29, 1.82) is 0 Å². The first-order chi connectivity index (χ1) is 8.13. The van der Waals surface area contributed by atoms with Crippen LogP contribution in [-0.2, 0) is 0 Å². The molecule has 0 saturated carbocycles. The van der Waals surface area contributed by atoms with Crippen LogP contribution in [-0.4, -0.2) is 13.2 Å². The number of halogens is 1. The maximum absolute atomic E-state index is 6.20. The molecule has 1 rings (SSSR count). The number of hydrogen-bond donors (Lipinski definition) is 1. The normalized spacial score (nSPS) is 12.3. The Bertz CT molecular complexity index is 369. The van der Waals surface area contributed by atoms with Crippen molar-refractivity contribution in [2.45, 2.75) is 33.2 Å². The predicted octanol–water partition coefficient (Wildman–Crippen LogP) is 3.55. The lowest BCUT2D eigenvalue weighted by Gasteiger charge is -2.17. The summed E-state index contributed by atoms with van der Waals surface area (Å²) in [7, 11) is 0. The van der Waals surface area contributed by atoms with Crippen molar-refractivity contribution in [3.63, 3.8) is 0 Å². The number of ether oxygens (including phenoxy) is 2. The molecule has 1 aromatic carbocycles. The largest absolute Gasteiger partial charge is 0.490 e. The summed E-state index contributed by atoms with van der Waals surface area (Å²) in [5.74, 6) is 1.38. The molecule has 2 N–H and O–H groups in total. The van der Waals surface area contributed by atoms with Gasteiger partial charge in [-0.25, -0.2) is 0 Å². The zero-order valence-corrected chi connectivity index (χ0v) is 11.4. The average molecular weight is 258 g/mol. The second-order valence-corrected chi connectivity index (χ2v) is 4.11. The zero-order valence-electron chi connectivity index (χ0n) is 10.6. The molecule has 0 radical (unpaired) electrons. The Balaban J connectivity index is 3.14. The van der Waals surface area contributed by atoms with Gasteiger partial charge >= 0.3 is 0 Å². The lowest BCUT2D eigenvalue weighted by molar-refractivity contribution is 0.287. The molecule has 4 heteroatoms. The molecule has 0 aliphatic rings. The van der Waals surface area contributed by atoms with Crippen LogP contribution in [0.4, 0.5) is 0 Å². The SMILES string of the molecule is CCOc1cc(Cl)c([C@H](N)CC)cc1OCC. The Kier molecular flexibility index (Phi) is 5.59. The van der Waals surface area contributed by atoms with Crippen LogP contribution in [0.15, 0.2) is 12.1 Å². The topological polar surface area (TPSA) is 44.5 Å². The Morgan fingerprint density at radius 2 is 1.65 bits per heavy atom. The molecule has 96 valence electrons. The molecule has 0 aromatic heterocycles. The standard InChI is InChI=1S/C13H20ClNO2/c1-4-11(15)9-7-12(16-5-2)13(17-6-3)8-10(9)14/h7-8,11H,4-6,15H2,1-3H3/t11-/m1/s1. The predicted molar refractivity (Wildman–Crippen MR) is 71.0 cm³/mol. The first kappa shape index (κ1) is 14.1. The van der Waals surface area contributed by atoms with Crippen LogP contribution in [0.1, 0.15) is 38.8 Å². The van der Waals surface area contributed by atoms with Gasteiger partial charge in [-0.3, -0.25) is 0 Å². The van der Waals surface area contributed by atoms with E-state index in [-0.39, 0.29) is 6.04 Å². The van der Waals surface area contributed by atoms with E-state index in [1.165, 1.54) is 0 Å². The van der Waals surface area contributed by atoms with Crippen molar-refractivity contribution < 1.29 is 9.47 Å². The van der Waals surface area contributed by atoms with Gasteiger partial charge in [0, 0.05) is 17.1 Å². The highest BCUT2D eigenvalue weighted by Gasteiger charge is 2.14. The average Bonchev–Trinajstić information content (AvgIpc) is 2.32. The molecule has 17 heavy (non-hydrogen) atoms. The van der Waals surface area contributed by atoms with Crippen LogP contribution in [0.5, 0.6) is 11.5 Å². The number of nitrogens with two attached hydrogens (primary N) is 1. The molecule has 0 bridgehead atoms. The molecule has 0 aliphatic carbocycles. The van der Waals surface area contributed by atoms with Crippen LogP contribution in [0.2, 0.25) is 5.02 Å². The summed E-state index contributed by atoms with van der Waals surface area (Å²) in [5.41, 5.74) is 6.91. The molecule has 0 spiro atoms. The van der Waals surface area contributed by atoms with Gasteiger partial charge in [0.15, 0.2) is 11.5 Å². The molecule has 1 aromatic rings. The molecular weight excluding hydrogens is 238 g/mol. The van der Waals surface area contributed by atoms with Gasteiger partial charge in [0.05, 0.1) is 13.2 Å². The van der Waals surface area contributed by atoms with E-state index in [1.54, 1.807) is 6.07 Å². The van der Waals surface area contributed by atoms with Gasteiger partial charge in [0.1, 0.15) is 0 Å². The van der Waals surface area contributed by atoms with E-state index >= 15 is 0 Å². The summed E-state index contributed by atoms with van der Waals surface area (Å²) in [6.45, 7) is 7.05. The Morgan fingerprint density at radius 3 is 2.12 bits per heavy atom. The Labute approximate surface area is 108 Å². The van der Waals surface area contributed by atoms with Gasteiger partial charge in [0.25, 0.3) is 0 Å². The number of rotatable bonds is 6. The van der Waals surface area contributed by atoms with Crippen LogP contribution < -0.4 is 15.2 Å². The van der Waals surface area contributed by atoms with E-state index in [0.29, 0.717) is 29.7 Å². The zero-order chi connectivity index (χ0) is 12.8. The Morgan fingerprint density at radius 1 is 1.12 bits per heavy atom. The summed E-state index contributed by atoms with van der Waals surface area (Å²) in [6, 6.07) is 3.59. The van der Waals surface area contributed by atoms with Crippen LogP contribution in [0.25, 0.3) is 0 Å². The third kappa shape index (κ3) is 3.51. The maximum Gasteiger partial charge on any atom is 0.162 e. The first-order valence-electron chi connectivity index (χ1n) is 5.98.